The second kappa shape index (κ2) is 7.61. The summed E-state index contributed by atoms with van der Waals surface area (Å²) in [5, 5.41) is 8.70. The molecule has 7 heteroatoms. The Balaban J connectivity index is 1.45. The van der Waals surface area contributed by atoms with Crippen molar-refractivity contribution in [2.24, 2.45) is 0 Å². The van der Waals surface area contributed by atoms with Crippen LogP contribution in [0.4, 0.5) is 11.4 Å². The summed E-state index contributed by atoms with van der Waals surface area (Å²) in [5.41, 5.74) is 7.09. The molecule has 2 aliphatic heterocycles. The molecule has 0 aliphatic carbocycles. The Bertz CT molecular complexity index is 1420. The van der Waals surface area contributed by atoms with Crippen molar-refractivity contribution in [1.82, 2.24) is 20.1 Å². The Kier molecular flexibility index (Phi) is 4.56. The smallest absolute Gasteiger partial charge is 0.198 e. The number of likely N-dealkylation sites (N-methyl/N-ethyl adjacent to an activating group) is 1. The predicted molar refractivity (Wildman–Crippen MR) is 130 cm³/mol. The highest BCUT2D eigenvalue weighted by atomic mass is 16.5. The summed E-state index contributed by atoms with van der Waals surface area (Å²) in [5.74, 6) is 0.906. The number of hydrogen-bond donors (Lipinski definition) is 1. The van der Waals surface area contributed by atoms with Crippen LogP contribution in [-0.4, -0.2) is 59.4 Å². The molecular formula is C26H24N6O. The number of nitrogens with zero attached hydrogens (tertiary/aromatic N) is 5. The van der Waals surface area contributed by atoms with Crippen LogP contribution in [0.15, 0.2) is 48.7 Å². The van der Waals surface area contributed by atoms with Crippen LogP contribution in [0.1, 0.15) is 5.56 Å². The number of aromatic nitrogens is 3. The van der Waals surface area contributed by atoms with Crippen LogP contribution in [0.2, 0.25) is 0 Å². The fourth-order valence-corrected chi connectivity index (χ4v) is 4.99. The van der Waals surface area contributed by atoms with Gasteiger partial charge in [-0.05, 0) is 43.8 Å². The summed E-state index contributed by atoms with van der Waals surface area (Å²) in [6.45, 7) is 13.5. The highest BCUT2D eigenvalue weighted by molar-refractivity contribution is 6.00. The van der Waals surface area contributed by atoms with Gasteiger partial charge in [0.05, 0.1) is 35.2 Å². The number of piperazine rings is 1. The Morgan fingerprint density at radius 2 is 2.06 bits per heavy atom. The first-order valence-electron chi connectivity index (χ1n) is 11.2. The van der Waals surface area contributed by atoms with Gasteiger partial charge in [-0.25, -0.2) is 4.85 Å². The number of hydrogen-bond acceptors (Lipinski definition) is 5. The van der Waals surface area contributed by atoms with Gasteiger partial charge in [-0.2, -0.15) is 5.10 Å². The molecule has 1 unspecified atom stereocenters. The maximum atomic E-state index is 7.68. The van der Waals surface area contributed by atoms with Crippen LogP contribution < -0.4 is 9.64 Å². The topological polar surface area (TPSA) is 61.6 Å². The van der Waals surface area contributed by atoms with Crippen LogP contribution in [0.5, 0.6) is 5.75 Å². The first-order chi connectivity index (χ1) is 16.1. The quantitative estimate of drug-likeness (QED) is 0.463. The van der Waals surface area contributed by atoms with E-state index in [0.717, 1.165) is 70.1 Å². The second-order valence-electron chi connectivity index (χ2n) is 8.87. The largest absolute Gasteiger partial charge is 0.489 e. The van der Waals surface area contributed by atoms with Crippen molar-refractivity contribution in [2.75, 3.05) is 38.2 Å². The van der Waals surface area contributed by atoms with E-state index < -0.39 is 0 Å². The zero-order valence-electron chi connectivity index (χ0n) is 18.7. The van der Waals surface area contributed by atoms with Crippen molar-refractivity contribution in [3.8, 4) is 28.3 Å². The maximum Gasteiger partial charge on any atom is 0.198 e. The molecule has 1 N–H and O–H groups in total. The summed E-state index contributed by atoms with van der Waals surface area (Å²) in [7, 11) is 2.17. The number of pyridine rings is 1. The molecule has 2 aromatic heterocycles. The van der Waals surface area contributed by atoms with Gasteiger partial charge in [0.25, 0.3) is 0 Å². The molecule has 2 aromatic carbocycles. The molecule has 7 nitrogen and oxygen atoms in total. The van der Waals surface area contributed by atoms with Crippen LogP contribution in [0.3, 0.4) is 0 Å². The SMILES string of the molecule is [C-]#[N+]c1cc2[nH]nc(-c3ccc4c(c3)OCC3CN(C)CCN43)c2cc1-c1ncccc1C. The van der Waals surface area contributed by atoms with E-state index >= 15 is 0 Å². The van der Waals surface area contributed by atoms with Gasteiger partial charge >= 0.3 is 0 Å². The molecule has 0 bridgehead atoms. The summed E-state index contributed by atoms with van der Waals surface area (Å²) < 4.78 is 6.18. The van der Waals surface area contributed by atoms with Crippen molar-refractivity contribution in [2.45, 2.75) is 13.0 Å². The number of benzene rings is 2. The second-order valence-corrected chi connectivity index (χ2v) is 8.87. The number of aryl methyl sites for hydroxylation is 1. The Morgan fingerprint density at radius 3 is 2.91 bits per heavy atom. The lowest BCUT2D eigenvalue weighted by atomic mass is 9.99. The van der Waals surface area contributed by atoms with E-state index in [-0.39, 0.29) is 0 Å². The zero-order chi connectivity index (χ0) is 22.5. The highest BCUT2D eigenvalue weighted by Gasteiger charge is 2.32. The van der Waals surface area contributed by atoms with E-state index in [1.807, 2.05) is 31.2 Å². The molecule has 4 heterocycles. The van der Waals surface area contributed by atoms with Crippen LogP contribution in [0, 0.1) is 13.5 Å². The van der Waals surface area contributed by atoms with E-state index in [4.69, 9.17) is 11.3 Å². The summed E-state index contributed by atoms with van der Waals surface area (Å²) in [6, 6.07) is 14.6. The van der Waals surface area contributed by atoms with Gasteiger partial charge in [0.1, 0.15) is 12.4 Å². The van der Waals surface area contributed by atoms with Gasteiger partial charge in [-0.15, -0.1) is 0 Å². The molecule has 1 atom stereocenters. The van der Waals surface area contributed by atoms with Gasteiger partial charge < -0.3 is 14.5 Å². The van der Waals surface area contributed by atoms with E-state index in [1.165, 1.54) is 0 Å². The van der Waals surface area contributed by atoms with Gasteiger partial charge in [-0.1, -0.05) is 18.2 Å². The lowest BCUT2D eigenvalue weighted by Gasteiger charge is -2.44. The molecule has 2 aliphatic rings. The minimum atomic E-state index is 0.393. The van der Waals surface area contributed by atoms with Gasteiger partial charge in [0.15, 0.2) is 5.69 Å². The van der Waals surface area contributed by atoms with Crippen molar-refractivity contribution in [1.29, 1.82) is 0 Å². The Morgan fingerprint density at radius 1 is 1.15 bits per heavy atom. The Hall–Kier alpha value is -3.89. The minimum Gasteiger partial charge on any atom is -0.489 e. The van der Waals surface area contributed by atoms with Crippen molar-refractivity contribution in [3.05, 3.63) is 65.6 Å². The molecule has 33 heavy (non-hydrogen) atoms. The Labute approximate surface area is 192 Å². The van der Waals surface area contributed by atoms with Crippen molar-refractivity contribution < 1.29 is 4.74 Å². The first kappa shape index (κ1) is 19.8. The molecule has 0 saturated carbocycles. The number of ether oxygens (including phenoxy) is 1. The highest BCUT2D eigenvalue weighted by Crippen LogP contribution is 2.41. The lowest BCUT2D eigenvalue weighted by Crippen LogP contribution is -2.56. The average molecular weight is 437 g/mol. The molecule has 1 fully saturated rings. The third kappa shape index (κ3) is 3.22. The predicted octanol–water partition coefficient (Wildman–Crippen LogP) is 4.66. The number of nitrogens with one attached hydrogen (secondary N) is 1. The van der Waals surface area contributed by atoms with Gasteiger partial charge in [-0.3, -0.25) is 10.1 Å². The van der Waals surface area contributed by atoms with E-state index in [2.05, 4.69) is 55.1 Å². The van der Waals surface area contributed by atoms with Crippen LogP contribution in [0.25, 0.3) is 38.3 Å². The lowest BCUT2D eigenvalue weighted by molar-refractivity contribution is 0.188. The standard InChI is InChI=1S/C26H24N6O/c1-16-5-4-8-28-25(16)19-12-20-22(13-21(19)27-2)29-30-26(20)17-6-7-23-24(11-17)33-15-18-14-31(3)9-10-32(18)23/h4-8,11-13,18H,9-10,14-15H2,1,3H3,(H,29,30). The molecular weight excluding hydrogens is 412 g/mol. The van der Waals surface area contributed by atoms with Crippen LogP contribution >= 0.6 is 0 Å². The molecule has 1 saturated heterocycles. The van der Waals surface area contributed by atoms with Gasteiger partial charge in [0.2, 0.25) is 0 Å². The molecule has 0 radical (unpaired) electrons. The van der Waals surface area contributed by atoms with Gasteiger partial charge in [0, 0.05) is 42.3 Å². The molecule has 0 amide bonds. The van der Waals surface area contributed by atoms with E-state index in [0.29, 0.717) is 18.3 Å². The van der Waals surface area contributed by atoms with Crippen molar-refractivity contribution in [3.63, 3.8) is 0 Å². The number of rotatable bonds is 2. The average Bonchev–Trinajstić information content (AvgIpc) is 3.25. The summed E-state index contributed by atoms with van der Waals surface area (Å²) >= 11 is 0. The number of aromatic amines is 1. The zero-order valence-corrected chi connectivity index (χ0v) is 18.7. The van der Waals surface area contributed by atoms with Crippen LogP contribution in [-0.2, 0) is 0 Å². The molecule has 164 valence electrons. The molecule has 4 aromatic rings. The third-order valence-corrected chi connectivity index (χ3v) is 6.72. The first-order valence-corrected chi connectivity index (χ1v) is 11.2. The van der Waals surface area contributed by atoms with E-state index in [1.54, 1.807) is 6.20 Å². The monoisotopic (exact) mass is 436 g/mol. The molecule has 6 rings (SSSR count). The maximum absolute atomic E-state index is 7.68. The fraction of sp³-hybridized carbons (Fsp3) is 0.269. The normalized spacial score (nSPS) is 17.8. The fourth-order valence-electron chi connectivity index (χ4n) is 4.99. The number of anilines is 1. The van der Waals surface area contributed by atoms with Crippen molar-refractivity contribution >= 4 is 22.3 Å². The van der Waals surface area contributed by atoms with E-state index in [9.17, 15) is 0 Å². The third-order valence-electron chi connectivity index (χ3n) is 6.72. The number of H-pyrrole nitrogens is 1. The minimum absolute atomic E-state index is 0.393. The summed E-state index contributed by atoms with van der Waals surface area (Å²) in [6.07, 6.45) is 1.77. The number of fused-ring (bicyclic) bond motifs is 4. The summed E-state index contributed by atoms with van der Waals surface area (Å²) in [4.78, 5) is 13.1. The molecule has 0 spiro atoms.